The summed E-state index contributed by atoms with van der Waals surface area (Å²) in [6.07, 6.45) is 4.26. The molecule has 4 nitrogen and oxygen atoms in total. The van der Waals surface area contributed by atoms with Crippen LogP contribution in [0.1, 0.15) is 24.0 Å². The summed E-state index contributed by atoms with van der Waals surface area (Å²) in [7, 11) is 0. The van der Waals surface area contributed by atoms with Gasteiger partial charge in [-0.2, -0.15) is 0 Å². The molecule has 25 heavy (non-hydrogen) atoms. The zero-order chi connectivity index (χ0) is 17.8. The first-order valence-electron chi connectivity index (χ1n) is 8.31. The van der Waals surface area contributed by atoms with E-state index in [9.17, 15) is 0 Å². The van der Waals surface area contributed by atoms with Gasteiger partial charge in [-0.25, -0.2) is 10.0 Å². The van der Waals surface area contributed by atoms with Gasteiger partial charge in [0, 0.05) is 22.7 Å². The number of hydrazine groups is 1. The van der Waals surface area contributed by atoms with Crippen LogP contribution >= 0.6 is 34.2 Å². The number of nitrogens with zero attached hydrogens (tertiary/aromatic N) is 2. The first-order valence-corrected chi connectivity index (χ1v) is 9.76. The minimum Gasteiger partial charge on any atom is -0.457 e. The number of hydrogen-bond acceptors (Lipinski definition) is 3. The summed E-state index contributed by atoms with van der Waals surface area (Å²) in [6, 6.07) is 9.77. The summed E-state index contributed by atoms with van der Waals surface area (Å²) in [5.41, 5.74) is 6.28. The molecule has 0 spiro atoms. The SMILES string of the molecule is Cc1cc(Oc2ccc(I)c(Cl)c2)c(C)cc1/N=C/NN1CCCC1. The molecule has 0 saturated carbocycles. The molecule has 0 radical (unpaired) electrons. The van der Waals surface area contributed by atoms with Gasteiger partial charge in [-0.15, -0.1) is 0 Å². The second-order valence-corrected chi connectivity index (χ2v) is 7.73. The smallest absolute Gasteiger partial charge is 0.130 e. The molecule has 0 aliphatic carbocycles. The Bertz CT molecular complexity index is 788. The standard InChI is InChI=1S/C19H21ClIN3O/c1-13-10-19(25-15-5-6-17(21)16(20)11-15)14(2)9-18(13)22-12-23-24-7-3-4-8-24/h5-6,9-12H,3-4,7-8H2,1-2H3,(H,22,23). The number of halogens is 2. The molecule has 1 aliphatic heterocycles. The lowest BCUT2D eigenvalue weighted by Gasteiger charge is -2.14. The van der Waals surface area contributed by atoms with Crippen LogP contribution in [0.5, 0.6) is 11.5 Å². The van der Waals surface area contributed by atoms with Crippen LogP contribution in [0.25, 0.3) is 0 Å². The quantitative estimate of drug-likeness (QED) is 0.351. The highest BCUT2D eigenvalue weighted by atomic mass is 127. The van der Waals surface area contributed by atoms with Crippen LogP contribution in [0.2, 0.25) is 5.02 Å². The van der Waals surface area contributed by atoms with E-state index in [1.54, 1.807) is 6.34 Å². The van der Waals surface area contributed by atoms with Gasteiger partial charge in [0.25, 0.3) is 0 Å². The lowest BCUT2D eigenvalue weighted by Crippen LogP contribution is -2.33. The molecular weight excluding hydrogens is 449 g/mol. The van der Waals surface area contributed by atoms with Gasteiger partial charge in [-0.1, -0.05) is 11.6 Å². The number of hydrogen-bond donors (Lipinski definition) is 1. The molecule has 0 amide bonds. The molecule has 6 heteroatoms. The van der Waals surface area contributed by atoms with Gasteiger partial charge < -0.3 is 10.2 Å². The van der Waals surface area contributed by atoms with E-state index in [-0.39, 0.29) is 0 Å². The lowest BCUT2D eigenvalue weighted by molar-refractivity contribution is 0.300. The van der Waals surface area contributed by atoms with Gasteiger partial charge in [0.2, 0.25) is 0 Å². The predicted molar refractivity (Wildman–Crippen MR) is 112 cm³/mol. The third-order valence-electron chi connectivity index (χ3n) is 4.16. The molecule has 1 heterocycles. The fourth-order valence-corrected chi connectivity index (χ4v) is 3.22. The number of aliphatic imine (C=N–C) groups is 1. The zero-order valence-electron chi connectivity index (χ0n) is 14.4. The highest BCUT2D eigenvalue weighted by molar-refractivity contribution is 14.1. The van der Waals surface area contributed by atoms with Crippen molar-refractivity contribution in [2.24, 2.45) is 4.99 Å². The van der Waals surface area contributed by atoms with Gasteiger partial charge in [0.1, 0.15) is 17.8 Å². The average molecular weight is 470 g/mol. The largest absolute Gasteiger partial charge is 0.457 e. The average Bonchev–Trinajstić information content (AvgIpc) is 3.09. The molecule has 3 rings (SSSR count). The first kappa shape index (κ1) is 18.5. The van der Waals surface area contributed by atoms with Crippen LogP contribution in [0.3, 0.4) is 0 Å². The van der Waals surface area contributed by atoms with Crippen molar-refractivity contribution >= 4 is 46.2 Å². The molecule has 132 valence electrons. The van der Waals surface area contributed by atoms with E-state index in [2.05, 4.69) is 38.0 Å². The number of ether oxygens (including phenoxy) is 1. The molecule has 1 aliphatic rings. The van der Waals surface area contributed by atoms with E-state index >= 15 is 0 Å². The van der Waals surface area contributed by atoms with E-state index in [1.807, 2.05) is 44.2 Å². The zero-order valence-corrected chi connectivity index (χ0v) is 17.3. The Morgan fingerprint density at radius 1 is 1.16 bits per heavy atom. The minimum absolute atomic E-state index is 0.696. The van der Waals surface area contributed by atoms with Crippen LogP contribution in [0, 0.1) is 17.4 Å². The number of aryl methyl sites for hydroxylation is 2. The number of nitrogens with one attached hydrogen (secondary N) is 1. The molecule has 0 unspecified atom stereocenters. The lowest BCUT2D eigenvalue weighted by atomic mass is 10.1. The van der Waals surface area contributed by atoms with Gasteiger partial charge in [-0.05, 0) is 84.7 Å². The van der Waals surface area contributed by atoms with Crippen LogP contribution in [0.4, 0.5) is 5.69 Å². The van der Waals surface area contributed by atoms with Gasteiger partial charge in [0.05, 0.1) is 10.7 Å². The Labute approximate surface area is 167 Å². The Morgan fingerprint density at radius 2 is 1.92 bits per heavy atom. The van der Waals surface area contributed by atoms with Crippen molar-refractivity contribution < 1.29 is 4.74 Å². The minimum atomic E-state index is 0.696. The van der Waals surface area contributed by atoms with Gasteiger partial charge >= 0.3 is 0 Å². The van der Waals surface area contributed by atoms with Crippen molar-refractivity contribution in [1.82, 2.24) is 10.4 Å². The van der Waals surface area contributed by atoms with E-state index in [0.29, 0.717) is 5.02 Å². The van der Waals surface area contributed by atoms with Crippen molar-refractivity contribution in [2.45, 2.75) is 26.7 Å². The normalized spacial score (nSPS) is 15.0. The topological polar surface area (TPSA) is 36.9 Å². The van der Waals surface area contributed by atoms with Crippen LogP contribution in [-0.2, 0) is 0 Å². The molecule has 1 N–H and O–H groups in total. The molecule has 1 saturated heterocycles. The maximum Gasteiger partial charge on any atom is 0.130 e. The number of benzene rings is 2. The highest BCUT2D eigenvalue weighted by Crippen LogP contribution is 2.33. The summed E-state index contributed by atoms with van der Waals surface area (Å²) in [5, 5.41) is 2.88. The van der Waals surface area contributed by atoms with Gasteiger partial charge in [-0.3, -0.25) is 0 Å². The monoisotopic (exact) mass is 469 g/mol. The van der Waals surface area contributed by atoms with Crippen molar-refractivity contribution in [3.8, 4) is 11.5 Å². The summed E-state index contributed by atoms with van der Waals surface area (Å²) >= 11 is 8.37. The van der Waals surface area contributed by atoms with Crippen molar-refractivity contribution in [1.29, 1.82) is 0 Å². The van der Waals surface area contributed by atoms with Crippen molar-refractivity contribution in [3.63, 3.8) is 0 Å². The van der Waals surface area contributed by atoms with E-state index in [1.165, 1.54) is 12.8 Å². The van der Waals surface area contributed by atoms with E-state index < -0.39 is 0 Å². The number of rotatable bonds is 5. The second kappa shape index (κ2) is 8.38. The van der Waals surface area contributed by atoms with Crippen molar-refractivity contribution in [3.05, 3.63) is 50.1 Å². The third-order valence-corrected chi connectivity index (χ3v) is 5.73. The molecule has 0 aromatic heterocycles. The van der Waals surface area contributed by atoms with Gasteiger partial charge in [0.15, 0.2) is 0 Å². The Kier molecular flexibility index (Phi) is 6.19. The fourth-order valence-electron chi connectivity index (χ4n) is 2.72. The predicted octanol–water partition coefficient (Wildman–Crippen LogP) is 5.61. The molecule has 1 fully saturated rings. The molecule has 2 aromatic carbocycles. The van der Waals surface area contributed by atoms with E-state index in [0.717, 1.165) is 45.0 Å². The summed E-state index contributed by atoms with van der Waals surface area (Å²) in [5.74, 6) is 1.56. The molecule has 0 atom stereocenters. The molecular formula is C19H21ClIN3O. The third kappa shape index (κ3) is 4.86. The maximum absolute atomic E-state index is 6.17. The van der Waals surface area contributed by atoms with Crippen LogP contribution in [-0.4, -0.2) is 24.4 Å². The Morgan fingerprint density at radius 3 is 2.64 bits per heavy atom. The molecule has 0 bridgehead atoms. The van der Waals surface area contributed by atoms with E-state index in [4.69, 9.17) is 16.3 Å². The van der Waals surface area contributed by atoms with Crippen molar-refractivity contribution in [2.75, 3.05) is 13.1 Å². The summed E-state index contributed by atoms with van der Waals surface area (Å²) < 4.78 is 7.01. The maximum atomic E-state index is 6.17. The van der Waals surface area contributed by atoms with Crippen LogP contribution < -0.4 is 10.2 Å². The molecule has 2 aromatic rings. The Balaban J connectivity index is 1.72. The summed E-state index contributed by atoms with van der Waals surface area (Å²) in [4.78, 5) is 4.55. The summed E-state index contributed by atoms with van der Waals surface area (Å²) in [6.45, 7) is 6.22. The van der Waals surface area contributed by atoms with Crippen LogP contribution in [0.15, 0.2) is 35.3 Å². The fraction of sp³-hybridized carbons (Fsp3) is 0.316. The Hall–Kier alpha value is -1.31. The highest BCUT2D eigenvalue weighted by Gasteiger charge is 2.10. The second-order valence-electron chi connectivity index (χ2n) is 6.16. The first-order chi connectivity index (χ1) is 12.0.